The van der Waals surface area contributed by atoms with Crippen LogP contribution in [0.25, 0.3) is 0 Å². The van der Waals surface area contributed by atoms with Gasteiger partial charge in [0.15, 0.2) is 5.01 Å². The molecule has 7 heteroatoms. The molecule has 1 aromatic heterocycles. The Bertz CT molecular complexity index is 620. The minimum absolute atomic E-state index is 0.00493. The number of hydrogen-bond donors (Lipinski definition) is 2. The molecular formula is C15H18N4O2S. The summed E-state index contributed by atoms with van der Waals surface area (Å²) in [5.41, 5.74) is 0.543. The molecule has 2 N–H and O–H groups in total. The molecule has 1 spiro atoms. The standard InChI is InChI=1S/C15H18N4O2S/c1-2-12-17-11(10-22-12)18-14(21)16-9-13(20)19-7-5-15(3-4-15)6-8-19/h1,10H,3-9H2,(H2,16,18,21). The molecule has 1 aliphatic carbocycles. The summed E-state index contributed by atoms with van der Waals surface area (Å²) < 4.78 is 0. The molecule has 0 unspecified atom stereocenters. The van der Waals surface area contributed by atoms with E-state index in [2.05, 4.69) is 21.5 Å². The molecule has 6 nitrogen and oxygen atoms in total. The van der Waals surface area contributed by atoms with Crippen LogP contribution in [0.4, 0.5) is 10.6 Å². The minimum atomic E-state index is -0.446. The lowest BCUT2D eigenvalue weighted by Gasteiger charge is -2.32. The lowest BCUT2D eigenvalue weighted by atomic mass is 9.94. The van der Waals surface area contributed by atoms with E-state index in [1.54, 1.807) is 5.38 Å². The molecule has 0 radical (unpaired) electrons. The second kappa shape index (κ2) is 5.97. The average molecular weight is 318 g/mol. The monoisotopic (exact) mass is 318 g/mol. The number of carbonyl (C=O) groups is 2. The Hall–Kier alpha value is -2.07. The second-order valence-corrected chi connectivity index (χ2v) is 6.73. The lowest BCUT2D eigenvalue weighted by Crippen LogP contribution is -2.45. The van der Waals surface area contributed by atoms with Crippen LogP contribution >= 0.6 is 11.3 Å². The predicted molar refractivity (Wildman–Crippen MR) is 84.6 cm³/mol. The fourth-order valence-electron chi connectivity index (χ4n) is 2.73. The van der Waals surface area contributed by atoms with Crippen molar-refractivity contribution in [2.75, 3.05) is 25.0 Å². The third-order valence-electron chi connectivity index (χ3n) is 4.40. The molecule has 3 rings (SSSR count). The highest BCUT2D eigenvalue weighted by atomic mass is 32.1. The number of piperidine rings is 1. The maximum atomic E-state index is 12.1. The van der Waals surface area contributed by atoms with Crippen molar-refractivity contribution in [3.05, 3.63) is 10.4 Å². The third kappa shape index (κ3) is 3.39. The second-order valence-electron chi connectivity index (χ2n) is 5.87. The van der Waals surface area contributed by atoms with Crippen molar-refractivity contribution in [3.63, 3.8) is 0 Å². The van der Waals surface area contributed by atoms with Gasteiger partial charge < -0.3 is 10.2 Å². The number of anilines is 1. The van der Waals surface area contributed by atoms with Crippen molar-refractivity contribution in [3.8, 4) is 12.3 Å². The maximum Gasteiger partial charge on any atom is 0.320 e. The Kier molecular flexibility index (Phi) is 4.03. The first-order chi connectivity index (χ1) is 10.6. The predicted octanol–water partition coefficient (Wildman–Crippen LogP) is 1.65. The highest BCUT2D eigenvalue weighted by Gasteiger charge is 2.44. The number of hydrogen-bond acceptors (Lipinski definition) is 4. The number of thiazole rings is 1. The highest BCUT2D eigenvalue weighted by molar-refractivity contribution is 7.10. The van der Waals surface area contributed by atoms with E-state index in [1.807, 2.05) is 4.90 Å². The SMILES string of the molecule is C#Cc1nc(NC(=O)NCC(=O)N2CCC3(CC2)CC3)cs1. The van der Waals surface area contributed by atoms with Gasteiger partial charge in [-0.25, -0.2) is 9.78 Å². The molecule has 0 aromatic carbocycles. The highest BCUT2D eigenvalue weighted by Crippen LogP contribution is 2.53. The number of urea groups is 1. The first-order valence-corrected chi connectivity index (χ1v) is 8.23. The Morgan fingerprint density at radius 1 is 1.36 bits per heavy atom. The number of rotatable bonds is 3. The zero-order valence-corrected chi connectivity index (χ0v) is 13.0. The van der Waals surface area contributed by atoms with Crippen LogP contribution in [-0.2, 0) is 4.79 Å². The van der Waals surface area contributed by atoms with Crippen LogP contribution in [0.2, 0.25) is 0 Å². The Morgan fingerprint density at radius 2 is 2.09 bits per heavy atom. The summed E-state index contributed by atoms with van der Waals surface area (Å²) in [6, 6.07) is -0.446. The molecule has 0 bridgehead atoms. The number of nitrogens with zero attached hydrogens (tertiary/aromatic N) is 2. The molecule has 22 heavy (non-hydrogen) atoms. The van der Waals surface area contributed by atoms with E-state index in [-0.39, 0.29) is 12.5 Å². The zero-order valence-electron chi connectivity index (χ0n) is 12.2. The van der Waals surface area contributed by atoms with Gasteiger partial charge in [0, 0.05) is 18.5 Å². The van der Waals surface area contributed by atoms with E-state index in [0.29, 0.717) is 16.2 Å². The van der Waals surface area contributed by atoms with Crippen LogP contribution in [0.1, 0.15) is 30.7 Å². The molecular weight excluding hydrogens is 300 g/mol. The Balaban J connectivity index is 1.40. The summed E-state index contributed by atoms with van der Waals surface area (Å²) in [5.74, 6) is 2.77. The van der Waals surface area contributed by atoms with E-state index in [0.717, 1.165) is 25.9 Å². The first-order valence-electron chi connectivity index (χ1n) is 7.35. The molecule has 2 aliphatic rings. The van der Waals surface area contributed by atoms with Gasteiger partial charge in [0.05, 0.1) is 6.54 Å². The van der Waals surface area contributed by atoms with E-state index in [4.69, 9.17) is 6.42 Å². The summed E-state index contributed by atoms with van der Waals surface area (Å²) in [4.78, 5) is 29.7. The molecule has 1 saturated carbocycles. The van der Waals surface area contributed by atoms with Gasteiger partial charge in [0.1, 0.15) is 5.82 Å². The van der Waals surface area contributed by atoms with Crippen molar-refractivity contribution in [2.45, 2.75) is 25.7 Å². The molecule has 1 aliphatic heterocycles. The Labute approximate surface area is 133 Å². The fourth-order valence-corrected chi connectivity index (χ4v) is 3.29. The minimum Gasteiger partial charge on any atom is -0.341 e. The lowest BCUT2D eigenvalue weighted by molar-refractivity contribution is -0.131. The molecule has 1 aromatic rings. The van der Waals surface area contributed by atoms with Crippen LogP contribution in [0.3, 0.4) is 0 Å². The smallest absolute Gasteiger partial charge is 0.320 e. The number of likely N-dealkylation sites (tertiary alicyclic amines) is 1. The molecule has 2 fully saturated rings. The molecule has 1 saturated heterocycles. The Morgan fingerprint density at radius 3 is 2.68 bits per heavy atom. The van der Waals surface area contributed by atoms with Gasteiger partial charge in [-0.15, -0.1) is 17.8 Å². The van der Waals surface area contributed by atoms with E-state index in [1.165, 1.54) is 24.2 Å². The first kappa shape index (κ1) is 14.9. The number of carbonyl (C=O) groups excluding carboxylic acids is 2. The summed E-state index contributed by atoms with van der Waals surface area (Å²) in [6.45, 7) is 1.62. The van der Waals surface area contributed by atoms with Gasteiger partial charge in [-0.3, -0.25) is 10.1 Å². The average Bonchev–Trinajstić information content (AvgIpc) is 3.12. The topological polar surface area (TPSA) is 74.3 Å². The van der Waals surface area contributed by atoms with Gasteiger partial charge in [-0.05, 0) is 37.0 Å². The van der Waals surface area contributed by atoms with E-state index in [9.17, 15) is 9.59 Å². The molecule has 2 heterocycles. The van der Waals surface area contributed by atoms with Crippen molar-refractivity contribution in [2.24, 2.45) is 5.41 Å². The number of amides is 3. The van der Waals surface area contributed by atoms with E-state index < -0.39 is 6.03 Å². The van der Waals surface area contributed by atoms with Gasteiger partial charge >= 0.3 is 6.03 Å². The van der Waals surface area contributed by atoms with E-state index >= 15 is 0 Å². The van der Waals surface area contributed by atoms with Crippen molar-refractivity contribution >= 4 is 29.1 Å². The van der Waals surface area contributed by atoms with Gasteiger partial charge in [0.2, 0.25) is 5.91 Å². The molecule has 116 valence electrons. The van der Waals surface area contributed by atoms with Crippen molar-refractivity contribution in [1.29, 1.82) is 0 Å². The van der Waals surface area contributed by atoms with Gasteiger partial charge in [-0.2, -0.15) is 0 Å². The van der Waals surface area contributed by atoms with Gasteiger partial charge in [-0.1, -0.05) is 0 Å². The van der Waals surface area contributed by atoms with Crippen LogP contribution < -0.4 is 10.6 Å². The number of terminal acetylenes is 1. The van der Waals surface area contributed by atoms with Crippen molar-refractivity contribution < 1.29 is 9.59 Å². The number of nitrogens with one attached hydrogen (secondary N) is 2. The van der Waals surface area contributed by atoms with Crippen LogP contribution in [0, 0.1) is 17.8 Å². The zero-order chi connectivity index (χ0) is 15.6. The normalized spacial score (nSPS) is 18.6. The number of aromatic nitrogens is 1. The van der Waals surface area contributed by atoms with Crippen molar-refractivity contribution in [1.82, 2.24) is 15.2 Å². The van der Waals surface area contributed by atoms with Crippen LogP contribution in [-0.4, -0.2) is 41.5 Å². The summed E-state index contributed by atoms with van der Waals surface area (Å²) in [5, 5.41) is 7.30. The molecule has 0 atom stereocenters. The summed E-state index contributed by atoms with van der Waals surface area (Å²) >= 11 is 1.28. The molecule has 3 amide bonds. The third-order valence-corrected chi connectivity index (χ3v) is 5.18. The summed E-state index contributed by atoms with van der Waals surface area (Å²) in [6.07, 6.45) is 10.0. The van der Waals surface area contributed by atoms with Gasteiger partial charge in [0.25, 0.3) is 0 Å². The quantitative estimate of drug-likeness (QED) is 0.832. The largest absolute Gasteiger partial charge is 0.341 e. The summed E-state index contributed by atoms with van der Waals surface area (Å²) in [7, 11) is 0. The van der Waals surface area contributed by atoms with Crippen LogP contribution in [0.15, 0.2) is 5.38 Å². The maximum absolute atomic E-state index is 12.1. The van der Waals surface area contributed by atoms with Crippen LogP contribution in [0.5, 0.6) is 0 Å². The fraction of sp³-hybridized carbons (Fsp3) is 0.533.